The summed E-state index contributed by atoms with van der Waals surface area (Å²) in [5, 5.41) is 5.78. The molecule has 0 saturated heterocycles. The van der Waals surface area contributed by atoms with Crippen LogP contribution in [0.25, 0.3) is 0 Å². The number of amides is 1. The quantitative estimate of drug-likeness (QED) is 0.625. The lowest BCUT2D eigenvalue weighted by atomic mass is 10.1. The van der Waals surface area contributed by atoms with Gasteiger partial charge in [-0.05, 0) is 31.3 Å². The van der Waals surface area contributed by atoms with E-state index in [0.29, 0.717) is 23.8 Å². The molecule has 0 heterocycles. The summed E-state index contributed by atoms with van der Waals surface area (Å²) in [6, 6.07) is 7.30. The van der Waals surface area contributed by atoms with Crippen molar-refractivity contribution in [2.24, 2.45) is 0 Å². The largest absolute Gasteiger partial charge is 0.383 e. The molecule has 0 unspecified atom stereocenters. The van der Waals surface area contributed by atoms with Crippen LogP contribution in [0.4, 0.5) is 0 Å². The van der Waals surface area contributed by atoms with Crippen molar-refractivity contribution in [3.05, 3.63) is 35.4 Å². The molecule has 0 fully saturated rings. The molecule has 1 aromatic rings. The Morgan fingerprint density at radius 2 is 2.00 bits per heavy atom. The summed E-state index contributed by atoms with van der Waals surface area (Å²) in [5.74, 6) is -0.208. The lowest BCUT2D eigenvalue weighted by Crippen LogP contribution is -2.40. The predicted octanol–water partition coefficient (Wildman–Crippen LogP) is 1.25. The van der Waals surface area contributed by atoms with Crippen molar-refractivity contribution in [1.29, 1.82) is 0 Å². The monoisotopic (exact) mass is 252 g/mol. The fourth-order valence-electron chi connectivity index (χ4n) is 1.19. The summed E-state index contributed by atoms with van der Waals surface area (Å²) in [4.78, 5) is 11.7. The number of carbonyl (C=O) groups excluding carboxylic acids is 1. The lowest BCUT2D eigenvalue weighted by molar-refractivity contribution is 0.0976. The second-order valence-electron chi connectivity index (χ2n) is 3.57. The molecule has 0 aliphatic carbocycles. The van der Waals surface area contributed by atoms with E-state index in [1.807, 2.05) is 19.1 Å². The van der Waals surface area contributed by atoms with E-state index >= 15 is 0 Å². The number of benzene rings is 1. The van der Waals surface area contributed by atoms with Gasteiger partial charge < -0.3 is 10.1 Å². The van der Waals surface area contributed by atoms with Gasteiger partial charge in [0.25, 0.3) is 5.91 Å². The maximum atomic E-state index is 11.7. The molecule has 1 rings (SSSR count). The number of hydrogen-bond donors (Lipinski definition) is 2. The van der Waals surface area contributed by atoms with Gasteiger partial charge in [-0.15, -0.1) is 0 Å². The van der Waals surface area contributed by atoms with Crippen LogP contribution in [0.5, 0.6) is 0 Å². The van der Waals surface area contributed by atoms with Gasteiger partial charge in [-0.25, -0.2) is 0 Å². The molecule has 0 saturated carbocycles. The molecule has 17 heavy (non-hydrogen) atoms. The van der Waals surface area contributed by atoms with Gasteiger partial charge >= 0.3 is 0 Å². The summed E-state index contributed by atoms with van der Waals surface area (Å²) < 4.78 is 4.86. The first kappa shape index (κ1) is 13.6. The summed E-state index contributed by atoms with van der Waals surface area (Å²) in [5.41, 5.74) is 1.70. The zero-order valence-corrected chi connectivity index (χ0v) is 10.8. The van der Waals surface area contributed by atoms with E-state index in [1.54, 1.807) is 19.2 Å². The molecule has 0 radical (unpaired) electrons. The zero-order chi connectivity index (χ0) is 12.7. The van der Waals surface area contributed by atoms with Crippen LogP contribution >= 0.6 is 12.2 Å². The van der Waals surface area contributed by atoms with Crippen molar-refractivity contribution < 1.29 is 9.53 Å². The van der Waals surface area contributed by atoms with Gasteiger partial charge in [0.2, 0.25) is 0 Å². The first-order chi connectivity index (χ1) is 8.13. The molecule has 1 aromatic carbocycles. The Morgan fingerprint density at radius 3 is 2.59 bits per heavy atom. The number of methoxy groups -OCH3 is 1. The summed E-state index contributed by atoms with van der Waals surface area (Å²) in [6.45, 7) is 3.09. The van der Waals surface area contributed by atoms with Gasteiger partial charge in [0.05, 0.1) is 6.61 Å². The normalized spacial score (nSPS) is 9.76. The van der Waals surface area contributed by atoms with Crippen molar-refractivity contribution in [2.75, 3.05) is 20.3 Å². The summed E-state index contributed by atoms with van der Waals surface area (Å²) in [7, 11) is 1.61. The molecule has 0 aromatic heterocycles. The minimum atomic E-state index is -0.208. The van der Waals surface area contributed by atoms with Gasteiger partial charge in [-0.3, -0.25) is 10.1 Å². The van der Waals surface area contributed by atoms with Crippen LogP contribution in [-0.2, 0) is 4.74 Å². The maximum Gasteiger partial charge on any atom is 0.257 e. The number of carbonyl (C=O) groups is 1. The molecular weight excluding hydrogens is 236 g/mol. The highest BCUT2D eigenvalue weighted by molar-refractivity contribution is 7.80. The summed E-state index contributed by atoms with van der Waals surface area (Å²) in [6.07, 6.45) is 0. The minimum Gasteiger partial charge on any atom is -0.383 e. The Bertz CT molecular complexity index is 390. The molecule has 0 aliphatic rings. The third kappa shape index (κ3) is 4.93. The van der Waals surface area contributed by atoms with Crippen LogP contribution in [0.2, 0.25) is 0 Å². The van der Waals surface area contributed by atoms with Crippen LogP contribution in [0.15, 0.2) is 24.3 Å². The van der Waals surface area contributed by atoms with Crippen molar-refractivity contribution in [1.82, 2.24) is 10.6 Å². The maximum absolute atomic E-state index is 11.7. The smallest absolute Gasteiger partial charge is 0.257 e. The molecule has 5 heteroatoms. The average molecular weight is 252 g/mol. The van der Waals surface area contributed by atoms with E-state index in [1.165, 1.54) is 0 Å². The number of aryl methyl sites for hydroxylation is 1. The van der Waals surface area contributed by atoms with E-state index in [4.69, 9.17) is 17.0 Å². The van der Waals surface area contributed by atoms with Crippen LogP contribution in [0.1, 0.15) is 15.9 Å². The Morgan fingerprint density at radius 1 is 1.35 bits per heavy atom. The van der Waals surface area contributed by atoms with E-state index in [0.717, 1.165) is 5.56 Å². The highest BCUT2D eigenvalue weighted by atomic mass is 32.1. The number of nitrogens with one attached hydrogen (secondary N) is 2. The number of ether oxygens (including phenoxy) is 1. The van der Waals surface area contributed by atoms with Crippen molar-refractivity contribution in [2.45, 2.75) is 6.92 Å². The molecule has 0 spiro atoms. The third-order valence-corrected chi connectivity index (χ3v) is 2.38. The Balaban J connectivity index is 2.43. The van der Waals surface area contributed by atoms with E-state index in [-0.39, 0.29) is 5.91 Å². The highest BCUT2D eigenvalue weighted by Crippen LogP contribution is 2.02. The van der Waals surface area contributed by atoms with Gasteiger partial charge in [0.15, 0.2) is 5.11 Å². The van der Waals surface area contributed by atoms with Crippen molar-refractivity contribution >= 4 is 23.2 Å². The highest BCUT2D eigenvalue weighted by Gasteiger charge is 2.06. The first-order valence-corrected chi connectivity index (χ1v) is 5.69. The number of hydrogen-bond acceptors (Lipinski definition) is 3. The molecule has 0 aliphatic heterocycles. The second kappa shape index (κ2) is 6.98. The fraction of sp³-hybridized carbons (Fsp3) is 0.333. The Hall–Kier alpha value is -1.46. The molecule has 4 nitrogen and oxygen atoms in total. The molecule has 92 valence electrons. The molecule has 0 atom stereocenters. The van der Waals surface area contributed by atoms with E-state index in [9.17, 15) is 4.79 Å². The number of thiocarbonyl (C=S) groups is 1. The zero-order valence-electron chi connectivity index (χ0n) is 9.95. The molecule has 0 bridgehead atoms. The van der Waals surface area contributed by atoms with Crippen LogP contribution < -0.4 is 10.6 Å². The Labute approximate surface area is 106 Å². The standard InChI is InChI=1S/C12H16N2O2S/c1-9-3-5-10(6-4-9)11(15)14-12(17)13-7-8-16-2/h3-6H,7-8H2,1-2H3,(H2,13,14,15,17). The minimum absolute atomic E-state index is 0.208. The van der Waals surface area contributed by atoms with Gasteiger partial charge in [-0.2, -0.15) is 0 Å². The van der Waals surface area contributed by atoms with Gasteiger partial charge in [0.1, 0.15) is 0 Å². The summed E-state index contributed by atoms with van der Waals surface area (Å²) >= 11 is 4.97. The predicted molar refractivity (Wildman–Crippen MR) is 71.1 cm³/mol. The fourth-order valence-corrected chi connectivity index (χ4v) is 1.39. The van der Waals surface area contributed by atoms with Crippen LogP contribution in [-0.4, -0.2) is 31.3 Å². The van der Waals surface area contributed by atoms with Gasteiger partial charge in [0, 0.05) is 19.2 Å². The first-order valence-electron chi connectivity index (χ1n) is 5.28. The Kier molecular flexibility index (Phi) is 5.59. The van der Waals surface area contributed by atoms with Gasteiger partial charge in [-0.1, -0.05) is 17.7 Å². The van der Waals surface area contributed by atoms with E-state index < -0.39 is 0 Å². The van der Waals surface area contributed by atoms with Crippen molar-refractivity contribution in [3.63, 3.8) is 0 Å². The molecule has 2 N–H and O–H groups in total. The SMILES string of the molecule is COCCNC(=S)NC(=O)c1ccc(C)cc1. The molecule has 1 amide bonds. The molecular formula is C12H16N2O2S. The van der Waals surface area contributed by atoms with Crippen molar-refractivity contribution in [3.8, 4) is 0 Å². The van der Waals surface area contributed by atoms with Crippen LogP contribution in [0.3, 0.4) is 0 Å². The second-order valence-corrected chi connectivity index (χ2v) is 3.98. The average Bonchev–Trinajstić information content (AvgIpc) is 2.30. The number of rotatable bonds is 4. The third-order valence-electron chi connectivity index (χ3n) is 2.13. The van der Waals surface area contributed by atoms with Crippen LogP contribution in [0, 0.1) is 6.92 Å². The topological polar surface area (TPSA) is 50.4 Å². The van der Waals surface area contributed by atoms with E-state index in [2.05, 4.69) is 10.6 Å². The lowest BCUT2D eigenvalue weighted by Gasteiger charge is -2.09.